The van der Waals surface area contributed by atoms with Gasteiger partial charge in [0.1, 0.15) is 0 Å². The van der Waals surface area contributed by atoms with Gasteiger partial charge in [0, 0.05) is 6.54 Å². The molecule has 0 aromatic carbocycles. The van der Waals surface area contributed by atoms with E-state index < -0.39 is 5.60 Å². The number of aliphatic hydroxyl groups is 2. The average Bonchev–Trinajstić information content (AvgIpc) is 2.18. The first-order valence-electron chi connectivity index (χ1n) is 6.14. The van der Waals surface area contributed by atoms with Crippen LogP contribution in [0.4, 0.5) is 0 Å². The van der Waals surface area contributed by atoms with Gasteiger partial charge < -0.3 is 15.5 Å². The van der Waals surface area contributed by atoms with Crippen LogP contribution in [0, 0.1) is 5.92 Å². The Bertz CT molecular complexity index is 182. The van der Waals surface area contributed by atoms with Gasteiger partial charge in [0.05, 0.1) is 11.7 Å². The zero-order valence-corrected chi connectivity index (χ0v) is 10.00. The molecule has 3 unspecified atom stereocenters. The highest BCUT2D eigenvalue weighted by Crippen LogP contribution is 2.23. The third-order valence-electron chi connectivity index (χ3n) is 3.46. The van der Waals surface area contributed by atoms with Crippen molar-refractivity contribution in [2.45, 2.75) is 57.7 Å². The van der Waals surface area contributed by atoms with E-state index in [4.69, 9.17) is 0 Å². The van der Waals surface area contributed by atoms with Crippen LogP contribution >= 0.6 is 0 Å². The van der Waals surface area contributed by atoms with Crippen molar-refractivity contribution in [2.24, 2.45) is 5.92 Å². The van der Waals surface area contributed by atoms with E-state index in [2.05, 4.69) is 5.32 Å². The fourth-order valence-corrected chi connectivity index (χ4v) is 2.12. The molecule has 0 radical (unpaired) electrons. The van der Waals surface area contributed by atoms with Crippen LogP contribution in [0.3, 0.4) is 0 Å². The quantitative estimate of drug-likeness (QED) is 0.648. The van der Waals surface area contributed by atoms with Gasteiger partial charge in [-0.05, 0) is 45.1 Å². The van der Waals surface area contributed by atoms with E-state index in [1.165, 1.54) is 6.42 Å². The van der Waals surface area contributed by atoms with Crippen molar-refractivity contribution in [2.75, 3.05) is 13.1 Å². The number of hydrogen-bond acceptors (Lipinski definition) is 3. The molecule has 1 aliphatic carbocycles. The van der Waals surface area contributed by atoms with Gasteiger partial charge in [-0.25, -0.2) is 0 Å². The topological polar surface area (TPSA) is 52.5 Å². The maximum Gasteiger partial charge on any atom is 0.0740 e. The third-order valence-corrected chi connectivity index (χ3v) is 3.46. The van der Waals surface area contributed by atoms with Crippen LogP contribution in [0.2, 0.25) is 0 Å². The molecule has 0 bridgehead atoms. The first kappa shape index (κ1) is 12.9. The number of aliphatic hydroxyl groups excluding tert-OH is 1. The Kier molecular flexibility index (Phi) is 5.03. The van der Waals surface area contributed by atoms with Gasteiger partial charge in [0.2, 0.25) is 0 Å². The van der Waals surface area contributed by atoms with Gasteiger partial charge in [-0.3, -0.25) is 0 Å². The monoisotopic (exact) mass is 215 g/mol. The van der Waals surface area contributed by atoms with E-state index in [9.17, 15) is 10.2 Å². The van der Waals surface area contributed by atoms with E-state index in [-0.39, 0.29) is 6.10 Å². The molecule has 1 rings (SSSR count). The first-order chi connectivity index (χ1) is 7.03. The largest absolute Gasteiger partial charge is 0.393 e. The summed E-state index contributed by atoms with van der Waals surface area (Å²) >= 11 is 0. The third kappa shape index (κ3) is 4.96. The van der Waals surface area contributed by atoms with Crippen molar-refractivity contribution >= 4 is 0 Å². The second-order valence-electron chi connectivity index (χ2n) is 5.17. The SMILES string of the molecule is CCC(C)(O)CNCC1CCCC(O)C1. The molecule has 3 atom stereocenters. The average molecular weight is 215 g/mol. The van der Waals surface area contributed by atoms with Crippen molar-refractivity contribution in [1.82, 2.24) is 5.32 Å². The number of hydrogen-bond donors (Lipinski definition) is 3. The molecule has 1 aliphatic rings. The lowest BCUT2D eigenvalue weighted by Crippen LogP contribution is -2.40. The second kappa shape index (κ2) is 5.83. The van der Waals surface area contributed by atoms with Gasteiger partial charge in [-0.2, -0.15) is 0 Å². The molecule has 1 saturated carbocycles. The summed E-state index contributed by atoms with van der Waals surface area (Å²) in [5.41, 5.74) is -0.590. The highest BCUT2D eigenvalue weighted by Gasteiger charge is 2.21. The van der Waals surface area contributed by atoms with E-state index in [1.807, 2.05) is 13.8 Å². The Morgan fingerprint density at radius 3 is 2.73 bits per heavy atom. The lowest BCUT2D eigenvalue weighted by molar-refractivity contribution is 0.0517. The summed E-state index contributed by atoms with van der Waals surface area (Å²) in [4.78, 5) is 0. The molecule has 0 amide bonds. The molecule has 0 saturated heterocycles. The molecule has 3 nitrogen and oxygen atoms in total. The first-order valence-corrected chi connectivity index (χ1v) is 6.14. The number of nitrogens with one attached hydrogen (secondary N) is 1. The van der Waals surface area contributed by atoms with Gasteiger partial charge in [-0.15, -0.1) is 0 Å². The fourth-order valence-electron chi connectivity index (χ4n) is 2.12. The van der Waals surface area contributed by atoms with Crippen molar-refractivity contribution in [3.63, 3.8) is 0 Å². The van der Waals surface area contributed by atoms with Crippen LogP contribution in [0.1, 0.15) is 46.0 Å². The van der Waals surface area contributed by atoms with Crippen molar-refractivity contribution in [1.29, 1.82) is 0 Å². The molecule has 3 heteroatoms. The second-order valence-corrected chi connectivity index (χ2v) is 5.17. The van der Waals surface area contributed by atoms with E-state index in [0.717, 1.165) is 32.2 Å². The Balaban J connectivity index is 2.14. The maximum absolute atomic E-state index is 9.79. The summed E-state index contributed by atoms with van der Waals surface area (Å²) in [5, 5.41) is 22.6. The summed E-state index contributed by atoms with van der Waals surface area (Å²) in [6.07, 6.45) is 4.89. The summed E-state index contributed by atoms with van der Waals surface area (Å²) in [6, 6.07) is 0. The van der Waals surface area contributed by atoms with Crippen molar-refractivity contribution < 1.29 is 10.2 Å². The van der Waals surface area contributed by atoms with Crippen LogP contribution in [0.5, 0.6) is 0 Å². The molecule has 3 N–H and O–H groups in total. The molecule has 0 aromatic rings. The summed E-state index contributed by atoms with van der Waals surface area (Å²) in [5.74, 6) is 0.585. The molecule has 0 aromatic heterocycles. The molecule has 0 aliphatic heterocycles. The van der Waals surface area contributed by atoms with Crippen LogP contribution in [0.25, 0.3) is 0 Å². The van der Waals surface area contributed by atoms with Crippen molar-refractivity contribution in [3.8, 4) is 0 Å². The van der Waals surface area contributed by atoms with Crippen LogP contribution in [-0.2, 0) is 0 Å². The van der Waals surface area contributed by atoms with Crippen molar-refractivity contribution in [3.05, 3.63) is 0 Å². The maximum atomic E-state index is 9.79. The Hall–Kier alpha value is -0.120. The minimum atomic E-state index is -0.590. The molecule has 0 spiro atoms. The van der Waals surface area contributed by atoms with Gasteiger partial charge >= 0.3 is 0 Å². The van der Waals surface area contributed by atoms with Crippen LogP contribution in [-0.4, -0.2) is 35.0 Å². The predicted molar refractivity (Wildman–Crippen MR) is 61.7 cm³/mol. The zero-order chi connectivity index (χ0) is 11.3. The van der Waals surface area contributed by atoms with E-state index in [0.29, 0.717) is 12.5 Å². The Morgan fingerprint density at radius 1 is 1.40 bits per heavy atom. The predicted octanol–water partition coefficient (Wildman–Crippen LogP) is 1.29. The molecule has 1 fully saturated rings. The Labute approximate surface area is 92.9 Å². The van der Waals surface area contributed by atoms with Crippen LogP contribution in [0.15, 0.2) is 0 Å². The smallest absolute Gasteiger partial charge is 0.0740 e. The standard InChI is InChI=1S/C12H25NO2/c1-3-12(2,15)9-13-8-10-5-4-6-11(14)7-10/h10-11,13-15H,3-9H2,1-2H3. The van der Waals surface area contributed by atoms with Gasteiger partial charge in [0.25, 0.3) is 0 Å². The number of rotatable bonds is 5. The van der Waals surface area contributed by atoms with Crippen LogP contribution < -0.4 is 5.32 Å². The highest BCUT2D eigenvalue weighted by atomic mass is 16.3. The summed E-state index contributed by atoms with van der Waals surface area (Å²) in [7, 11) is 0. The summed E-state index contributed by atoms with van der Waals surface area (Å²) < 4.78 is 0. The lowest BCUT2D eigenvalue weighted by atomic mass is 9.87. The normalized spacial score (nSPS) is 31.2. The molecule has 15 heavy (non-hydrogen) atoms. The van der Waals surface area contributed by atoms with Gasteiger partial charge in [-0.1, -0.05) is 13.3 Å². The minimum Gasteiger partial charge on any atom is -0.393 e. The zero-order valence-electron chi connectivity index (χ0n) is 10.00. The van der Waals surface area contributed by atoms with E-state index >= 15 is 0 Å². The highest BCUT2D eigenvalue weighted by molar-refractivity contribution is 4.77. The van der Waals surface area contributed by atoms with E-state index in [1.54, 1.807) is 0 Å². The summed E-state index contributed by atoms with van der Waals surface area (Å²) in [6.45, 7) is 5.42. The minimum absolute atomic E-state index is 0.0998. The lowest BCUT2D eigenvalue weighted by Gasteiger charge is -2.28. The molecular weight excluding hydrogens is 190 g/mol. The molecule has 90 valence electrons. The Morgan fingerprint density at radius 2 is 2.13 bits per heavy atom. The fraction of sp³-hybridized carbons (Fsp3) is 1.00. The van der Waals surface area contributed by atoms with Gasteiger partial charge in [0.15, 0.2) is 0 Å². The molecular formula is C12H25NO2. The molecule has 0 heterocycles.